The van der Waals surface area contributed by atoms with Gasteiger partial charge in [-0.2, -0.15) is 10.2 Å². The maximum atomic E-state index is 11.9. The fourth-order valence-corrected chi connectivity index (χ4v) is 2.23. The summed E-state index contributed by atoms with van der Waals surface area (Å²) in [7, 11) is 3.56. The van der Waals surface area contributed by atoms with Crippen molar-refractivity contribution < 1.29 is 0 Å². The van der Waals surface area contributed by atoms with Gasteiger partial charge in [0.2, 0.25) is 0 Å². The van der Waals surface area contributed by atoms with Crippen LogP contribution in [0.25, 0.3) is 0 Å². The van der Waals surface area contributed by atoms with Gasteiger partial charge in [-0.25, -0.2) is 9.97 Å². The average molecular weight is 361 g/mol. The molecule has 0 aliphatic rings. The van der Waals surface area contributed by atoms with E-state index in [1.54, 1.807) is 48.9 Å². The summed E-state index contributed by atoms with van der Waals surface area (Å²) >= 11 is 0. The predicted molar refractivity (Wildman–Crippen MR) is 108 cm³/mol. The van der Waals surface area contributed by atoms with Crippen molar-refractivity contribution in [3.8, 4) is 0 Å². The highest BCUT2D eigenvalue weighted by molar-refractivity contribution is 5.82. The number of nitrogens with zero attached hydrogens (tertiary/aromatic N) is 6. The maximum absolute atomic E-state index is 11.9. The van der Waals surface area contributed by atoms with Crippen LogP contribution in [-0.4, -0.2) is 41.5 Å². The molecule has 0 aromatic carbocycles. The topological polar surface area (TPSA) is 89.8 Å². The molecule has 0 aliphatic carbocycles. The third-order valence-electron chi connectivity index (χ3n) is 3.59. The normalized spacial score (nSPS) is 11.2. The molecule has 8 heteroatoms. The molecule has 0 fully saturated rings. The molecule has 0 atom stereocenters. The van der Waals surface area contributed by atoms with Crippen LogP contribution in [-0.2, 0) is 0 Å². The number of pyridine rings is 3. The second-order valence-corrected chi connectivity index (χ2v) is 5.64. The lowest BCUT2D eigenvalue weighted by Crippen LogP contribution is -2.13. The van der Waals surface area contributed by atoms with Gasteiger partial charge in [-0.15, -0.1) is 0 Å². The molecule has 0 bridgehead atoms. The van der Waals surface area contributed by atoms with Crippen LogP contribution < -0.4 is 15.4 Å². The molecule has 3 aromatic heterocycles. The molecule has 3 aromatic rings. The third kappa shape index (κ3) is 5.08. The number of aromatic nitrogens is 3. The van der Waals surface area contributed by atoms with Crippen molar-refractivity contribution in [2.75, 3.05) is 24.1 Å². The van der Waals surface area contributed by atoms with E-state index in [-0.39, 0.29) is 5.43 Å². The lowest BCUT2D eigenvalue weighted by atomic mass is 10.3. The van der Waals surface area contributed by atoms with Gasteiger partial charge in [0.1, 0.15) is 11.6 Å². The summed E-state index contributed by atoms with van der Waals surface area (Å²) in [6.07, 6.45) is 6.52. The Kier molecular flexibility index (Phi) is 5.68. The van der Waals surface area contributed by atoms with Gasteiger partial charge in [-0.3, -0.25) is 14.8 Å². The smallest absolute Gasteiger partial charge is 0.182 e. The number of hydrogen-bond donors (Lipinski definition) is 1. The Hall–Kier alpha value is -3.81. The molecule has 0 amide bonds. The first kappa shape index (κ1) is 18.0. The zero-order valence-corrected chi connectivity index (χ0v) is 15.0. The average Bonchev–Trinajstić information content (AvgIpc) is 2.71. The van der Waals surface area contributed by atoms with E-state index >= 15 is 0 Å². The van der Waals surface area contributed by atoms with Crippen LogP contribution in [0.1, 0.15) is 11.4 Å². The summed E-state index contributed by atoms with van der Waals surface area (Å²) in [4.78, 5) is 23.5. The zero-order chi connectivity index (χ0) is 19.1. The van der Waals surface area contributed by atoms with Crippen molar-refractivity contribution in [2.24, 2.45) is 10.2 Å². The molecule has 0 radical (unpaired) electrons. The number of nitrogens with one attached hydrogen (secondary N) is 1. The van der Waals surface area contributed by atoms with Gasteiger partial charge in [-0.1, -0.05) is 12.1 Å². The Balaban J connectivity index is 1.75. The number of hydrogen-bond acceptors (Lipinski definition) is 7. The van der Waals surface area contributed by atoms with Gasteiger partial charge in [0, 0.05) is 38.6 Å². The highest BCUT2D eigenvalue weighted by Crippen LogP contribution is 2.07. The minimum Gasteiger partial charge on any atom is -0.353 e. The Labute approximate surface area is 156 Å². The number of aromatic amines is 1. The lowest BCUT2D eigenvalue weighted by molar-refractivity contribution is 0.978. The highest BCUT2D eigenvalue weighted by Gasteiger charge is 2.01. The van der Waals surface area contributed by atoms with Crippen molar-refractivity contribution in [3.63, 3.8) is 0 Å². The summed E-state index contributed by atoms with van der Waals surface area (Å²) in [5, 5.41) is 11.8. The third-order valence-corrected chi connectivity index (χ3v) is 3.59. The molecule has 3 rings (SSSR count). The van der Waals surface area contributed by atoms with E-state index in [0.717, 1.165) is 0 Å². The molecular formula is C19H19N7O. The van der Waals surface area contributed by atoms with Gasteiger partial charge in [0.25, 0.3) is 0 Å². The standard InChI is InChI=1S/C19H19N7O/c1-25(18-7-3-5-9-20-18)22-13-15-11-17(27)12-16(24-15)14-23-26(2)19-8-4-6-10-21-19/h3-14H,1-2H3,(H,24,27)/b22-13+,23-14+. The molecule has 1 N–H and O–H groups in total. The summed E-state index contributed by atoms with van der Waals surface area (Å²) in [6.45, 7) is 0. The van der Waals surface area contributed by atoms with Gasteiger partial charge in [0.15, 0.2) is 5.43 Å². The molecule has 0 saturated carbocycles. The van der Waals surface area contributed by atoms with Crippen LogP contribution in [0.4, 0.5) is 11.6 Å². The molecular weight excluding hydrogens is 342 g/mol. The molecule has 8 nitrogen and oxygen atoms in total. The van der Waals surface area contributed by atoms with E-state index in [4.69, 9.17) is 0 Å². The molecule has 3 heterocycles. The van der Waals surface area contributed by atoms with Crippen molar-refractivity contribution in [1.82, 2.24) is 15.0 Å². The first-order valence-corrected chi connectivity index (χ1v) is 8.24. The summed E-state index contributed by atoms with van der Waals surface area (Å²) in [6, 6.07) is 14.1. The molecule has 136 valence electrons. The Morgan fingerprint density at radius 1 is 0.852 bits per heavy atom. The molecule has 27 heavy (non-hydrogen) atoms. The SMILES string of the molecule is CN(/N=C/c1cc(=O)cc(/C=N/N(C)c2ccccn2)[nH]1)c1ccccn1. The van der Waals surface area contributed by atoms with Crippen molar-refractivity contribution in [1.29, 1.82) is 0 Å². The van der Waals surface area contributed by atoms with Crippen molar-refractivity contribution >= 4 is 24.1 Å². The largest absolute Gasteiger partial charge is 0.353 e. The molecule has 0 aliphatic heterocycles. The fraction of sp³-hybridized carbons (Fsp3) is 0.105. The first-order valence-electron chi connectivity index (χ1n) is 8.24. The van der Waals surface area contributed by atoms with E-state index in [1.165, 1.54) is 12.1 Å². The van der Waals surface area contributed by atoms with Gasteiger partial charge in [0.05, 0.1) is 23.8 Å². The Morgan fingerprint density at radius 3 is 1.74 bits per heavy atom. The second-order valence-electron chi connectivity index (χ2n) is 5.64. The fourth-order valence-electron chi connectivity index (χ4n) is 2.23. The van der Waals surface area contributed by atoms with Crippen LogP contribution in [0.3, 0.4) is 0 Å². The molecule has 0 saturated heterocycles. The number of H-pyrrole nitrogens is 1. The van der Waals surface area contributed by atoms with Crippen molar-refractivity contribution in [3.05, 3.63) is 82.5 Å². The van der Waals surface area contributed by atoms with Gasteiger partial charge in [-0.05, 0) is 24.3 Å². The van der Waals surface area contributed by atoms with Gasteiger partial charge >= 0.3 is 0 Å². The Bertz CT molecular complexity index is 907. The van der Waals surface area contributed by atoms with E-state index < -0.39 is 0 Å². The van der Waals surface area contributed by atoms with E-state index in [2.05, 4.69) is 25.2 Å². The van der Waals surface area contributed by atoms with E-state index in [9.17, 15) is 4.79 Å². The van der Waals surface area contributed by atoms with E-state index in [1.807, 2.05) is 36.4 Å². The van der Waals surface area contributed by atoms with Crippen LogP contribution in [0.5, 0.6) is 0 Å². The summed E-state index contributed by atoms with van der Waals surface area (Å²) in [5.41, 5.74) is 0.983. The summed E-state index contributed by atoms with van der Waals surface area (Å²) < 4.78 is 0. The molecule has 0 unspecified atom stereocenters. The van der Waals surface area contributed by atoms with Crippen LogP contribution in [0.15, 0.2) is 75.9 Å². The number of hydrazone groups is 2. The predicted octanol–water partition coefficient (Wildman–Crippen LogP) is 2.11. The summed E-state index contributed by atoms with van der Waals surface area (Å²) in [5.74, 6) is 1.40. The molecule has 0 spiro atoms. The minimum absolute atomic E-state index is 0.141. The zero-order valence-electron chi connectivity index (χ0n) is 15.0. The first-order chi connectivity index (χ1) is 13.1. The lowest BCUT2D eigenvalue weighted by Gasteiger charge is -2.11. The van der Waals surface area contributed by atoms with Crippen LogP contribution in [0.2, 0.25) is 0 Å². The Morgan fingerprint density at radius 2 is 1.33 bits per heavy atom. The quantitative estimate of drug-likeness (QED) is 0.536. The maximum Gasteiger partial charge on any atom is 0.182 e. The second kappa shape index (κ2) is 8.52. The number of rotatable bonds is 6. The minimum atomic E-state index is -0.141. The highest BCUT2D eigenvalue weighted by atomic mass is 16.1. The number of anilines is 2. The monoisotopic (exact) mass is 361 g/mol. The van der Waals surface area contributed by atoms with Crippen LogP contribution in [0, 0.1) is 0 Å². The van der Waals surface area contributed by atoms with Crippen LogP contribution >= 0.6 is 0 Å². The van der Waals surface area contributed by atoms with Gasteiger partial charge < -0.3 is 4.98 Å². The van der Waals surface area contributed by atoms with E-state index in [0.29, 0.717) is 23.0 Å². The van der Waals surface area contributed by atoms with Crippen molar-refractivity contribution in [2.45, 2.75) is 0 Å².